The summed E-state index contributed by atoms with van der Waals surface area (Å²) in [6.07, 6.45) is 0. The first-order valence-electron chi connectivity index (χ1n) is 0.818. The van der Waals surface area contributed by atoms with Crippen molar-refractivity contribution in [3.63, 3.8) is 0 Å². The fourth-order valence-corrected chi connectivity index (χ4v) is 0. The first kappa shape index (κ1) is 16.1. The Morgan fingerprint density at radius 1 is 1.25 bits per heavy atom. The molecule has 8 heteroatoms. The Morgan fingerprint density at radius 2 is 1.25 bits per heavy atom. The standard InChI is InChI=1S/ClH.2Ni.H2O4S/c;;;1-5(2,3)4/h1H;;;(H2,1,2,3,4)/q;;+1;/p-1. The largest absolute Gasteiger partial charge is 0 e. The van der Waals surface area contributed by atoms with Crippen LogP contribution in [0.15, 0.2) is 0 Å². The monoisotopic (exact) mass is 249 g/mol. The van der Waals surface area contributed by atoms with Gasteiger partial charge in [-0.3, -0.25) is 9.11 Å². The number of hydrogen-bond acceptors (Lipinski definition) is 2. The van der Waals surface area contributed by atoms with Crippen LogP contribution >= 0.6 is 10.2 Å². The van der Waals surface area contributed by atoms with Crippen molar-refractivity contribution < 1.29 is 48.6 Å². The van der Waals surface area contributed by atoms with E-state index < -0.39 is 10.4 Å². The Morgan fingerprint density at radius 3 is 1.25 bits per heavy atom. The van der Waals surface area contributed by atoms with Crippen molar-refractivity contribution in [2.45, 2.75) is 0 Å². The second-order valence-electron chi connectivity index (χ2n) is 0.448. The minimum atomic E-state index is -4.67. The van der Waals surface area contributed by atoms with Crippen molar-refractivity contribution >= 4 is 20.6 Å². The molecular weight excluding hydrogens is 249 g/mol. The molecule has 0 aliphatic rings. The van der Waals surface area contributed by atoms with Crippen LogP contribution in [0.4, 0.5) is 0 Å². The Labute approximate surface area is 69.1 Å². The molecule has 0 amide bonds. The Balaban J connectivity index is -0.0000000750. The van der Waals surface area contributed by atoms with Crippen LogP contribution in [0, 0.1) is 0 Å². The van der Waals surface area contributed by atoms with Crippen molar-refractivity contribution in [1.82, 2.24) is 0 Å². The molecule has 2 N–H and O–H groups in total. The number of hydrogen-bond donors (Lipinski definition) is 2. The second-order valence-corrected chi connectivity index (χ2v) is 1.34. The first-order chi connectivity index (χ1) is 3.00. The summed E-state index contributed by atoms with van der Waals surface area (Å²) >= 11 is 3.35. The molecule has 0 saturated carbocycles. The van der Waals surface area contributed by atoms with Gasteiger partial charge in [0.15, 0.2) is 0 Å². The van der Waals surface area contributed by atoms with Crippen LogP contribution in [0.1, 0.15) is 0 Å². The molecule has 0 aromatic rings. The minimum Gasteiger partial charge on any atom is 0 e. The summed E-state index contributed by atoms with van der Waals surface area (Å²) in [4.78, 5) is 0. The molecule has 0 aromatic heterocycles. The predicted octanol–water partition coefficient (Wildman–Crippen LogP) is 0.0317. The van der Waals surface area contributed by atoms with E-state index in [0.29, 0.717) is 0 Å². The van der Waals surface area contributed by atoms with Crippen LogP contribution in [-0.2, 0) is 41.5 Å². The van der Waals surface area contributed by atoms with Gasteiger partial charge in [0, 0.05) is 16.5 Å². The summed E-state index contributed by atoms with van der Waals surface area (Å²) in [7, 11) is -0.403. The molecule has 0 atom stereocenters. The molecule has 0 aromatic carbocycles. The van der Waals surface area contributed by atoms with Crippen LogP contribution in [0.2, 0.25) is 0 Å². The van der Waals surface area contributed by atoms with Gasteiger partial charge in [0.25, 0.3) is 0 Å². The molecule has 0 bridgehead atoms. The Kier molecular flexibility index (Phi) is 16.4. The van der Waals surface area contributed by atoms with Crippen LogP contribution in [-0.4, -0.2) is 17.5 Å². The van der Waals surface area contributed by atoms with Crippen molar-refractivity contribution in [3.05, 3.63) is 0 Å². The normalized spacial score (nSPS) is 8.12. The van der Waals surface area contributed by atoms with E-state index in [0.717, 1.165) is 0 Å². The summed E-state index contributed by atoms with van der Waals surface area (Å²) < 4.78 is 31.6. The fraction of sp³-hybridized carbons (Fsp3) is 0. The van der Waals surface area contributed by atoms with Gasteiger partial charge in [0.1, 0.15) is 0 Å². The number of halogens is 1. The average molecular weight is 251 g/mol. The van der Waals surface area contributed by atoms with E-state index in [1.807, 2.05) is 0 Å². The molecule has 0 fully saturated rings. The third kappa shape index (κ3) is 205. The van der Waals surface area contributed by atoms with Gasteiger partial charge >= 0.3 is 35.2 Å². The summed E-state index contributed by atoms with van der Waals surface area (Å²) in [5, 5.41) is 0. The van der Waals surface area contributed by atoms with Crippen molar-refractivity contribution in [2.24, 2.45) is 0 Å². The smallest absolute Gasteiger partial charge is 0 e. The predicted molar refractivity (Wildman–Crippen MR) is 20.0 cm³/mol. The van der Waals surface area contributed by atoms with E-state index in [-0.39, 0.29) is 16.5 Å². The second kappa shape index (κ2) is 8.15. The van der Waals surface area contributed by atoms with Crippen LogP contribution < -0.4 is 0 Å². The molecule has 0 heterocycles. The first-order valence-corrected chi connectivity index (χ1v) is 3.57. The zero-order valence-electron chi connectivity index (χ0n) is 3.13. The van der Waals surface area contributed by atoms with Crippen molar-refractivity contribution in [3.8, 4) is 0 Å². The van der Waals surface area contributed by atoms with E-state index in [1.54, 1.807) is 0 Å². The van der Waals surface area contributed by atoms with Crippen LogP contribution in [0.25, 0.3) is 0 Å². The third-order valence-electron chi connectivity index (χ3n) is 0. The molecule has 4 nitrogen and oxygen atoms in total. The van der Waals surface area contributed by atoms with E-state index in [1.165, 1.54) is 0 Å². The van der Waals surface area contributed by atoms with Gasteiger partial charge < -0.3 is 0 Å². The summed E-state index contributed by atoms with van der Waals surface area (Å²) in [6, 6.07) is 0. The molecular formula is H2ClNi2O4S. The molecule has 0 spiro atoms. The van der Waals surface area contributed by atoms with Crippen LogP contribution in [0.5, 0.6) is 0 Å². The maximum atomic E-state index is 8.74. The van der Waals surface area contributed by atoms with Gasteiger partial charge in [-0.2, -0.15) is 8.42 Å². The molecule has 0 unspecified atom stereocenters. The quantitative estimate of drug-likeness (QED) is 0.470. The van der Waals surface area contributed by atoms with E-state index in [9.17, 15) is 0 Å². The van der Waals surface area contributed by atoms with E-state index in [4.69, 9.17) is 17.5 Å². The summed E-state index contributed by atoms with van der Waals surface area (Å²) in [5.74, 6) is 0. The van der Waals surface area contributed by atoms with Crippen molar-refractivity contribution in [1.29, 1.82) is 0 Å². The van der Waals surface area contributed by atoms with Crippen LogP contribution in [0.3, 0.4) is 0 Å². The Hall–Kier alpha value is 1.15. The number of rotatable bonds is 0. The van der Waals surface area contributed by atoms with Gasteiger partial charge in [0.2, 0.25) is 0 Å². The zero-order valence-corrected chi connectivity index (χ0v) is 6.68. The molecule has 59 valence electrons. The van der Waals surface area contributed by atoms with Gasteiger partial charge in [0.05, 0.1) is 0 Å². The van der Waals surface area contributed by atoms with E-state index in [2.05, 4.69) is 24.8 Å². The van der Waals surface area contributed by atoms with Gasteiger partial charge in [-0.05, 0) is 0 Å². The fourth-order valence-electron chi connectivity index (χ4n) is 0. The van der Waals surface area contributed by atoms with Crippen molar-refractivity contribution in [2.75, 3.05) is 0 Å². The van der Waals surface area contributed by atoms with Gasteiger partial charge in [-0.1, -0.05) is 0 Å². The molecule has 0 aliphatic carbocycles. The topological polar surface area (TPSA) is 74.6 Å². The minimum absolute atomic E-state index is 0. The molecule has 0 radical (unpaired) electrons. The average Bonchev–Trinajstić information content (AvgIpc) is 1.36. The summed E-state index contributed by atoms with van der Waals surface area (Å²) in [5.41, 5.74) is 0. The van der Waals surface area contributed by atoms with Gasteiger partial charge in [-0.15, -0.1) is 0 Å². The maximum absolute atomic E-state index is 8.74. The van der Waals surface area contributed by atoms with Gasteiger partial charge in [-0.25, -0.2) is 0 Å². The van der Waals surface area contributed by atoms with E-state index >= 15 is 0 Å². The molecule has 8 heavy (non-hydrogen) atoms. The maximum Gasteiger partial charge on any atom is 0 e. The zero-order chi connectivity index (χ0) is 6.50. The molecule has 0 rings (SSSR count). The third-order valence-corrected chi connectivity index (χ3v) is 0. The Bertz CT molecular complexity index is 97.2. The summed E-state index contributed by atoms with van der Waals surface area (Å²) in [6.45, 7) is 0. The molecule has 0 saturated heterocycles. The molecule has 0 aliphatic heterocycles. The SMILES string of the molecule is O=S(=O)(O)O.[Cl][Ni].[Ni].